The Hall–Kier alpha value is -2.34. The van der Waals surface area contributed by atoms with Gasteiger partial charge < -0.3 is 5.32 Å². The number of carbonyl (C=O) groups is 1. The standard InChI is InChI=1S/C16H18N2O/c1-12(2)18-16(19)15(11-17)10-13(3)9-14-7-5-4-6-8-14/h4-10,12H,1-3H3,(H,18,19)/b13-9+,15-10+. The lowest BCUT2D eigenvalue weighted by Gasteiger charge is -2.06. The third-order valence-electron chi connectivity index (χ3n) is 2.35. The highest BCUT2D eigenvalue weighted by molar-refractivity contribution is 5.98. The molecule has 1 aromatic rings. The van der Waals surface area contributed by atoms with Crippen molar-refractivity contribution in [1.29, 1.82) is 5.26 Å². The minimum atomic E-state index is -0.335. The van der Waals surface area contributed by atoms with Crippen LogP contribution in [0.3, 0.4) is 0 Å². The highest BCUT2D eigenvalue weighted by atomic mass is 16.1. The van der Waals surface area contributed by atoms with Crippen LogP contribution in [-0.4, -0.2) is 11.9 Å². The molecule has 0 aliphatic rings. The van der Waals surface area contributed by atoms with Crippen LogP contribution in [0.15, 0.2) is 47.6 Å². The van der Waals surface area contributed by atoms with Gasteiger partial charge in [0.15, 0.2) is 0 Å². The molecule has 0 bridgehead atoms. The molecule has 1 N–H and O–H groups in total. The van der Waals surface area contributed by atoms with Crippen molar-refractivity contribution < 1.29 is 4.79 Å². The fourth-order valence-electron chi connectivity index (χ4n) is 1.57. The van der Waals surface area contributed by atoms with Gasteiger partial charge >= 0.3 is 0 Å². The SMILES string of the molecule is CC(=C\c1ccccc1)/C=C(\C#N)C(=O)NC(C)C. The van der Waals surface area contributed by atoms with Crippen molar-refractivity contribution in [1.82, 2.24) is 5.32 Å². The summed E-state index contributed by atoms with van der Waals surface area (Å²) in [5, 5.41) is 11.7. The van der Waals surface area contributed by atoms with Crippen LogP contribution in [0, 0.1) is 11.3 Å². The minimum Gasteiger partial charge on any atom is -0.349 e. The molecule has 19 heavy (non-hydrogen) atoms. The Balaban J connectivity index is 2.90. The smallest absolute Gasteiger partial charge is 0.262 e. The Morgan fingerprint density at radius 1 is 1.32 bits per heavy atom. The van der Waals surface area contributed by atoms with Gasteiger partial charge in [0.05, 0.1) is 0 Å². The number of allylic oxidation sites excluding steroid dienone is 2. The van der Waals surface area contributed by atoms with Crippen molar-refractivity contribution in [3.8, 4) is 6.07 Å². The van der Waals surface area contributed by atoms with Crippen LogP contribution in [0.2, 0.25) is 0 Å². The van der Waals surface area contributed by atoms with Crippen LogP contribution in [0.1, 0.15) is 26.3 Å². The molecule has 0 aromatic heterocycles. The summed E-state index contributed by atoms with van der Waals surface area (Å²) in [4.78, 5) is 11.7. The van der Waals surface area contributed by atoms with E-state index in [1.165, 1.54) is 0 Å². The third-order valence-corrected chi connectivity index (χ3v) is 2.35. The van der Waals surface area contributed by atoms with Crippen LogP contribution in [0.5, 0.6) is 0 Å². The van der Waals surface area contributed by atoms with E-state index >= 15 is 0 Å². The molecule has 1 amide bonds. The average molecular weight is 254 g/mol. The van der Waals surface area contributed by atoms with E-state index < -0.39 is 0 Å². The lowest BCUT2D eigenvalue weighted by atomic mass is 10.1. The van der Waals surface area contributed by atoms with E-state index in [4.69, 9.17) is 5.26 Å². The summed E-state index contributed by atoms with van der Waals surface area (Å²) in [6, 6.07) is 11.7. The predicted octanol–water partition coefficient (Wildman–Crippen LogP) is 3.06. The molecule has 0 saturated heterocycles. The quantitative estimate of drug-likeness (QED) is 0.510. The van der Waals surface area contributed by atoms with Gasteiger partial charge in [-0.05, 0) is 38.0 Å². The van der Waals surface area contributed by atoms with E-state index in [0.717, 1.165) is 11.1 Å². The molecule has 0 aliphatic carbocycles. The van der Waals surface area contributed by atoms with Crippen molar-refractivity contribution in [3.63, 3.8) is 0 Å². The molecule has 0 radical (unpaired) electrons. The highest BCUT2D eigenvalue weighted by Gasteiger charge is 2.09. The fourth-order valence-corrected chi connectivity index (χ4v) is 1.57. The predicted molar refractivity (Wildman–Crippen MR) is 77.1 cm³/mol. The van der Waals surface area contributed by atoms with E-state index in [2.05, 4.69) is 5.32 Å². The van der Waals surface area contributed by atoms with Gasteiger partial charge in [0.2, 0.25) is 0 Å². The Morgan fingerprint density at radius 2 is 1.95 bits per heavy atom. The number of amides is 1. The topological polar surface area (TPSA) is 52.9 Å². The van der Waals surface area contributed by atoms with Gasteiger partial charge in [0.25, 0.3) is 5.91 Å². The lowest BCUT2D eigenvalue weighted by Crippen LogP contribution is -2.31. The molecule has 3 nitrogen and oxygen atoms in total. The molecule has 0 unspecified atom stereocenters. The molecule has 98 valence electrons. The lowest BCUT2D eigenvalue weighted by molar-refractivity contribution is -0.117. The number of nitriles is 1. The highest BCUT2D eigenvalue weighted by Crippen LogP contribution is 2.09. The van der Waals surface area contributed by atoms with E-state index in [-0.39, 0.29) is 17.5 Å². The number of nitrogens with one attached hydrogen (secondary N) is 1. The first-order valence-electron chi connectivity index (χ1n) is 6.19. The Labute approximate surface area is 114 Å². The average Bonchev–Trinajstić information content (AvgIpc) is 2.36. The number of hydrogen-bond acceptors (Lipinski definition) is 2. The zero-order valence-corrected chi connectivity index (χ0v) is 11.5. The zero-order chi connectivity index (χ0) is 14.3. The molecule has 0 spiro atoms. The van der Waals surface area contributed by atoms with Crippen molar-refractivity contribution >= 4 is 12.0 Å². The van der Waals surface area contributed by atoms with Crippen LogP contribution in [-0.2, 0) is 4.79 Å². The maximum atomic E-state index is 11.7. The minimum absolute atomic E-state index is 0.0164. The summed E-state index contributed by atoms with van der Waals surface area (Å²) in [5.74, 6) is -0.335. The first kappa shape index (κ1) is 14.7. The van der Waals surface area contributed by atoms with Crippen LogP contribution in [0.4, 0.5) is 0 Å². The van der Waals surface area contributed by atoms with Crippen LogP contribution < -0.4 is 5.32 Å². The van der Waals surface area contributed by atoms with Crippen LogP contribution >= 0.6 is 0 Å². The van der Waals surface area contributed by atoms with Gasteiger partial charge in [-0.1, -0.05) is 36.4 Å². The first-order valence-corrected chi connectivity index (χ1v) is 6.19. The van der Waals surface area contributed by atoms with E-state index in [0.29, 0.717) is 0 Å². The van der Waals surface area contributed by atoms with Crippen molar-refractivity contribution in [2.75, 3.05) is 0 Å². The number of carbonyl (C=O) groups excluding carboxylic acids is 1. The van der Waals surface area contributed by atoms with Gasteiger partial charge in [-0.15, -0.1) is 0 Å². The molecule has 0 heterocycles. The molecule has 1 rings (SSSR count). The van der Waals surface area contributed by atoms with Gasteiger partial charge in [0, 0.05) is 6.04 Å². The molecule has 0 fully saturated rings. The number of rotatable bonds is 4. The van der Waals surface area contributed by atoms with E-state index in [1.54, 1.807) is 6.08 Å². The second-order valence-corrected chi connectivity index (χ2v) is 4.60. The van der Waals surface area contributed by atoms with Gasteiger partial charge in [-0.2, -0.15) is 5.26 Å². The fraction of sp³-hybridized carbons (Fsp3) is 0.250. The van der Waals surface area contributed by atoms with Crippen LogP contribution in [0.25, 0.3) is 6.08 Å². The Bertz CT molecular complexity index is 534. The summed E-state index contributed by atoms with van der Waals surface area (Å²) in [6.45, 7) is 5.59. The molecule has 3 heteroatoms. The Morgan fingerprint density at radius 3 is 2.47 bits per heavy atom. The second kappa shape index (κ2) is 7.17. The maximum Gasteiger partial charge on any atom is 0.262 e. The second-order valence-electron chi connectivity index (χ2n) is 4.60. The summed E-state index contributed by atoms with van der Waals surface area (Å²) in [7, 11) is 0. The summed E-state index contributed by atoms with van der Waals surface area (Å²) < 4.78 is 0. The zero-order valence-electron chi connectivity index (χ0n) is 11.5. The third kappa shape index (κ3) is 5.22. The number of nitrogens with zero attached hydrogens (tertiary/aromatic N) is 1. The van der Waals surface area contributed by atoms with Gasteiger partial charge in [-0.3, -0.25) is 4.79 Å². The molecule has 0 saturated carbocycles. The maximum absolute atomic E-state index is 11.7. The monoisotopic (exact) mass is 254 g/mol. The summed E-state index contributed by atoms with van der Waals surface area (Å²) >= 11 is 0. The molecule has 1 aromatic carbocycles. The largest absolute Gasteiger partial charge is 0.349 e. The molecular formula is C16H18N2O. The van der Waals surface area contributed by atoms with Crippen molar-refractivity contribution in [2.24, 2.45) is 0 Å². The molecule has 0 atom stereocenters. The van der Waals surface area contributed by atoms with Gasteiger partial charge in [-0.25, -0.2) is 0 Å². The molecule has 0 aliphatic heterocycles. The van der Waals surface area contributed by atoms with E-state index in [9.17, 15) is 4.79 Å². The van der Waals surface area contributed by atoms with Crippen molar-refractivity contribution in [2.45, 2.75) is 26.8 Å². The van der Waals surface area contributed by atoms with E-state index in [1.807, 2.05) is 63.2 Å². The Kier molecular flexibility index (Phi) is 5.56. The first-order chi connectivity index (χ1) is 9.02. The van der Waals surface area contributed by atoms with Gasteiger partial charge in [0.1, 0.15) is 11.6 Å². The molecular weight excluding hydrogens is 236 g/mol. The summed E-state index contributed by atoms with van der Waals surface area (Å²) in [5.41, 5.74) is 2.03. The van der Waals surface area contributed by atoms with Crippen molar-refractivity contribution in [3.05, 3.63) is 53.1 Å². The summed E-state index contributed by atoms with van der Waals surface area (Å²) in [6.07, 6.45) is 3.53. The number of benzene rings is 1. The normalized spacial score (nSPS) is 12.2. The number of hydrogen-bond donors (Lipinski definition) is 1.